The van der Waals surface area contributed by atoms with Crippen molar-refractivity contribution in [1.29, 1.82) is 0 Å². The summed E-state index contributed by atoms with van der Waals surface area (Å²) >= 11 is 0. The Balaban J connectivity index is 2.46. The van der Waals surface area contributed by atoms with Crippen LogP contribution in [0.4, 0.5) is 5.69 Å². The maximum Gasteiger partial charge on any atom is 0.330 e. The first-order valence-electron chi connectivity index (χ1n) is 7.94. The highest BCUT2D eigenvalue weighted by Crippen LogP contribution is 2.48. The van der Waals surface area contributed by atoms with Crippen molar-refractivity contribution in [2.24, 2.45) is 0 Å². The Morgan fingerprint density at radius 3 is 2.41 bits per heavy atom. The fourth-order valence-corrected chi connectivity index (χ4v) is 3.80. The van der Waals surface area contributed by atoms with E-state index in [1.165, 1.54) is 0 Å². The zero-order valence-electron chi connectivity index (χ0n) is 13.8. The normalized spacial score (nSPS) is 11.6. The molecule has 126 valence electrons. The quantitative estimate of drug-likeness (QED) is 0.373. The number of benzene rings is 1. The summed E-state index contributed by atoms with van der Waals surface area (Å²) in [7, 11) is -2.97. The van der Waals surface area contributed by atoms with Gasteiger partial charge in [0.2, 0.25) is 0 Å². The first kappa shape index (κ1) is 19.0. The largest absolute Gasteiger partial charge is 0.494 e. The van der Waals surface area contributed by atoms with E-state index in [1.807, 2.05) is 32.0 Å². The highest BCUT2D eigenvalue weighted by Gasteiger charge is 2.22. The van der Waals surface area contributed by atoms with Gasteiger partial charge in [-0.15, -0.1) is 0 Å². The highest BCUT2D eigenvalue weighted by molar-refractivity contribution is 7.53. The van der Waals surface area contributed by atoms with Gasteiger partial charge < -0.3 is 19.5 Å². The van der Waals surface area contributed by atoms with Gasteiger partial charge in [-0.05, 0) is 50.5 Å². The highest BCUT2D eigenvalue weighted by atomic mass is 31.2. The van der Waals surface area contributed by atoms with Gasteiger partial charge in [-0.2, -0.15) is 0 Å². The standard InChI is InChI=1S/C16H28NO4P/c1-4-8-14-13-15(9-10-16(14)17)19-11-7-12-22(18,20-5-2)21-6-3/h9-10,13H,4-8,11-12,17H2,1-3H3. The molecule has 0 saturated heterocycles. The molecular formula is C16H28NO4P. The number of aryl methyl sites for hydroxylation is 1. The summed E-state index contributed by atoms with van der Waals surface area (Å²) in [6, 6.07) is 5.70. The number of anilines is 1. The molecule has 0 fully saturated rings. The zero-order chi connectivity index (χ0) is 16.4. The van der Waals surface area contributed by atoms with E-state index < -0.39 is 7.60 Å². The number of rotatable bonds is 11. The van der Waals surface area contributed by atoms with E-state index in [-0.39, 0.29) is 0 Å². The molecule has 0 unspecified atom stereocenters. The lowest BCUT2D eigenvalue weighted by Crippen LogP contribution is -2.05. The monoisotopic (exact) mass is 329 g/mol. The minimum absolute atomic E-state index is 0.367. The van der Waals surface area contributed by atoms with Crippen molar-refractivity contribution in [2.75, 3.05) is 31.7 Å². The zero-order valence-corrected chi connectivity index (χ0v) is 14.7. The van der Waals surface area contributed by atoms with Gasteiger partial charge in [0.05, 0.1) is 26.0 Å². The molecule has 6 heteroatoms. The van der Waals surface area contributed by atoms with E-state index >= 15 is 0 Å². The van der Waals surface area contributed by atoms with Crippen molar-refractivity contribution in [3.63, 3.8) is 0 Å². The van der Waals surface area contributed by atoms with Gasteiger partial charge in [-0.25, -0.2) is 0 Å². The first-order valence-corrected chi connectivity index (χ1v) is 9.66. The van der Waals surface area contributed by atoms with Crippen LogP contribution < -0.4 is 10.5 Å². The summed E-state index contributed by atoms with van der Waals surface area (Å²) in [5.74, 6) is 0.792. The average molecular weight is 329 g/mol. The summed E-state index contributed by atoms with van der Waals surface area (Å²) in [6.07, 6.45) is 2.96. The lowest BCUT2D eigenvalue weighted by atomic mass is 10.1. The van der Waals surface area contributed by atoms with Crippen molar-refractivity contribution >= 4 is 13.3 Å². The molecule has 0 aliphatic carbocycles. The lowest BCUT2D eigenvalue weighted by Gasteiger charge is -2.17. The van der Waals surface area contributed by atoms with Crippen molar-refractivity contribution in [1.82, 2.24) is 0 Å². The minimum atomic E-state index is -2.97. The van der Waals surface area contributed by atoms with E-state index in [2.05, 4.69) is 6.92 Å². The molecule has 0 spiro atoms. The van der Waals surface area contributed by atoms with Crippen LogP contribution in [0.25, 0.3) is 0 Å². The molecular weight excluding hydrogens is 301 g/mol. The van der Waals surface area contributed by atoms with Crippen LogP contribution in [0, 0.1) is 0 Å². The van der Waals surface area contributed by atoms with E-state index in [0.29, 0.717) is 32.4 Å². The Labute approximate surface area is 133 Å². The molecule has 0 aliphatic heterocycles. The Bertz CT molecular complexity index is 483. The second kappa shape index (κ2) is 9.88. The SMILES string of the molecule is CCCc1cc(OCCCP(=O)(OCC)OCC)ccc1N. The van der Waals surface area contributed by atoms with Crippen LogP contribution in [0.1, 0.15) is 39.2 Å². The molecule has 1 aromatic rings. The van der Waals surface area contributed by atoms with Crippen molar-refractivity contribution in [3.8, 4) is 5.75 Å². The average Bonchev–Trinajstić information content (AvgIpc) is 2.47. The Kier molecular flexibility index (Phi) is 8.54. The molecule has 0 radical (unpaired) electrons. The third-order valence-electron chi connectivity index (χ3n) is 3.13. The molecule has 0 bridgehead atoms. The number of hydrogen-bond donors (Lipinski definition) is 1. The summed E-state index contributed by atoms with van der Waals surface area (Å²) in [5, 5.41) is 0. The number of nitrogens with two attached hydrogens (primary N) is 1. The van der Waals surface area contributed by atoms with Crippen LogP contribution in [0.3, 0.4) is 0 Å². The minimum Gasteiger partial charge on any atom is -0.494 e. The van der Waals surface area contributed by atoms with E-state index in [1.54, 1.807) is 0 Å². The molecule has 0 aliphatic rings. The maximum absolute atomic E-state index is 12.3. The smallest absolute Gasteiger partial charge is 0.330 e. The lowest BCUT2D eigenvalue weighted by molar-refractivity contribution is 0.216. The fourth-order valence-electron chi connectivity index (χ4n) is 2.17. The molecule has 1 aromatic carbocycles. The van der Waals surface area contributed by atoms with Crippen molar-refractivity contribution in [3.05, 3.63) is 23.8 Å². The molecule has 0 heterocycles. The maximum atomic E-state index is 12.3. The Morgan fingerprint density at radius 2 is 1.82 bits per heavy atom. The van der Waals surface area contributed by atoms with Gasteiger partial charge in [0, 0.05) is 5.69 Å². The number of ether oxygens (including phenoxy) is 1. The van der Waals surface area contributed by atoms with Gasteiger partial charge >= 0.3 is 7.60 Å². The number of hydrogen-bond acceptors (Lipinski definition) is 5. The van der Waals surface area contributed by atoms with Crippen molar-refractivity contribution < 1.29 is 18.3 Å². The van der Waals surface area contributed by atoms with Gasteiger partial charge in [0.1, 0.15) is 5.75 Å². The van der Waals surface area contributed by atoms with Gasteiger partial charge in [-0.1, -0.05) is 13.3 Å². The molecule has 0 amide bonds. The molecule has 0 aromatic heterocycles. The van der Waals surface area contributed by atoms with Gasteiger partial charge in [0.25, 0.3) is 0 Å². The van der Waals surface area contributed by atoms with E-state index in [4.69, 9.17) is 19.5 Å². The molecule has 0 atom stereocenters. The molecule has 22 heavy (non-hydrogen) atoms. The third-order valence-corrected chi connectivity index (χ3v) is 5.30. The second-order valence-corrected chi connectivity index (χ2v) is 7.17. The van der Waals surface area contributed by atoms with Gasteiger partial charge in [-0.3, -0.25) is 4.57 Å². The topological polar surface area (TPSA) is 70.8 Å². The van der Waals surface area contributed by atoms with Crippen molar-refractivity contribution in [2.45, 2.75) is 40.0 Å². The first-order chi connectivity index (χ1) is 10.5. The predicted octanol–water partition coefficient (Wildman–Crippen LogP) is 4.26. The summed E-state index contributed by atoms with van der Waals surface area (Å²) in [6.45, 7) is 6.98. The third kappa shape index (κ3) is 6.39. The van der Waals surface area contributed by atoms with Crippen LogP contribution in [0.15, 0.2) is 18.2 Å². The summed E-state index contributed by atoms with van der Waals surface area (Å²) < 4.78 is 28.5. The van der Waals surface area contributed by atoms with Crippen LogP contribution in [-0.4, -0.2) is 26.0 Å². The Morgan fingerprint density at radius 1 is 1.14 bits per heavy atom. The predicted molar refractivity (Wildman–Crippen MR) is 90.7 cm³/mol. The molecule has 5 nitrogen and oxygen atoms in total. The number of nitrogen functional groups attached to an aromatic ring is 1. The van der Waals surface area contributed by atoms with Gasteiger partial charge in [0.15, 0.2) is 0 Å². The molecule has 2 N–H and O–H groups in total. The van der Waals surface area contributed by atoms with Crippen LogP contribution in [0.2, 0.25) is 0 Å². The summed E-state index contributed by atoms with van der Waals surface area (Å²) in [4.78, 5) is 0. The molecule has 0 saturated carbocycles. The fraction of sp³-hybridized carbons (Fsp3) is 0.625. The van der Waals surface area contributed by atoms with E-state index in [0.717, 1.165) is 29.8 Å². The van der Waals surface area contributed by atoms with Crippen LogP contribution in [0.5, 0.6) is 5.75 Å². The molecule has 1 rings (SSSR count). The van der Waals surface area contributed by atoms with Crippen LogP contribution in [-0.2, 0) is 20.0 Å². The second-order valence-electron chi connectivity index (χ2n) is 4.98. The summed E-state index contributed by atoms with van der Waals surface area (Å²) in [5.41, 5.74) is 7.83. The van der Waals surface area contributed by atoms with E-state index in [9.17, 15) is 4.57 Å². The van der Waals surface area contributed by atoms with Crippen LogP contribution >= 0.6 is 7.60 Å². The Hall–Kier alpha value is -1.03.